The monoisotopic (exact) mass is 494 g/mol. The number of thiophene rings is 2. The molecule has 0 fully saturated rings. The molecule has 2 aromatic carbocycles. The van der Waals surface area contributed by atoms with Crippen LogP contribution in [0, 0.1) is 11.3 Å². The molecule has 0 saturated heterocycles. The largest absolute Gasteiger partial charge is 0.497 e. The van der Waals surface area contributed by atoms with Crippen molar-refractivity contribution in [3.8, 4) is 33.5 Å². The zero-order chi connectivity index (χ0) is 22.2. The summed E-state index contributed by atoms with van der Waals surface area (Å²) in [5.41, 5.74) is 3.31. The van der Waals surface area contributed by atoms with E-state index in [-0.39, 0.29) is 0 Å². The first-order chi connectivity index (χ1) is 15.6. The lowest BCUT2D eigenvalue weighted by Gasteiger charge is -2.11. The van der Waals surface area contributed by atoms with Crippen molar-refractivity contribution < 1.29 is 8.95 Å². The highest BCUT2D eigenvalue weighted by atomic mass is 35.5. The number of benzene rings is 2. The maximum absolute atomic E-state index is 14.0. The zero-order valence-corrected chi connectivity index (χ0v) is 19.9. The highest BCUT2D eigenvalue weighted by Crippen LogP contribution is 2.46. The lowest BCUT2D eigenvalue weighted by atomic mass is 10.0. The molecule has 0 N–H and O–H groups in total. The fraction of sp³-hybridized carbons (Fsp3) is 0.0417. The molecule has 0 amide bonds. The summed E-state index contributed by atoms with van der Waals surface area (Å²) in [4.78, 5) is 2.21. The third-order valence-electron chi connectivity index (χ3n) is 5.10. The summed E-state index contributed by atoms with van der Waals surface area (Å²) >= 11 is 9.03. The van der Waals surface area contributed by atoms with Crippen LogP contribution in [0.15, 0.2) is 76.3 Å². The van der Waals surface area contributed by atoms with Gasteiger partial charge < -0.3 is 4.74 Å². The van der Waals surface area contributed by atoms with Crippen molar-refractivity contribution in [2.75, 3.05) is 7.11 Å². The topological polar surface area (TPSA) is 55.0 Å². The number of nitriles is 1. The van der Waals surface area contributed by atoms with Gasteiger partial charge in [0.05, 0.1) is 28.1 Å². The molecule has 0 aliphatic heterocycles. The molecule has 0 aliphatic rings. The molecule has 3 aromatic heterocycles. The predicted octanol–water partition coefficient (Wildman–Crippen LogP) is 7.20. The number of fused-ring (bicyclic) bond motifs is 1. The van der Waals surface area contributed by atoms with Crippen LogP contribution in [0.25, 0.3) is 32.6 Å². The number of aromatic nitrogens is 1. The van der Waals surface area contributed by atoms with Crippen LogP contribution in [-0.2, 0) is 11.0 Å². The molecule has 3 heterocycles. The highest BCUT2D eigenvalue weighted by Gasteiger charge is 2.26. The first-order valence-electron chi connectivity index (χ1n) is 9.54. The van der Waals surface area contributed by atoms with E-state index in [2.05, 4.69) is 6.07 Å². The number of nitrogens with zero attached hydrogens (tertiary/aromatic N) is 2. The summed E-state index contributed by atoms with van der Waals surface area (Å²) < 4.78 is 21.3. The van der Waals surface area contributed by atoms with Gasteiger partial charge in [0.15, 0.2) is 11.0 Å². The molecule has 5 aromatic rings. The van der Waals surface area contributed by atoms with Crippen LogP contribution in [0.5, 0.6) is 5.75 Å². The molecule has 4 nitrogen and oxygen atoms in total. The van der Waals surface area contributed by atoms with Gasteiger partial charge in [-0.2, -0.15) is 5.26 Å². The number of ether oxygens (including phenoxy) is 1. The molecule has 1 unspecified atom stereocenters. The van der Waals surface area contributed by atoms with Crippen LogP contribution in [0.2, 0.25) is 5.02 Å². The quantitative estimate of drug-likeness (QED) is 0.259. The predicted molar refractivity (Wildman–Crippen MR) is 133 cm³/mol. The molecule has 0 radical (unpaired) electrons. The van der Waals surface area contributed by atoms with E-state index >= 15 is 0 Å². The molecule has 8 heteroatoms. The molecule has 0 spiro atoms. The van der Waals surface area contributed by atoms with Gasteiger partial charge >= 0.3 is 0 Å². The Bertz CT molecular complexity index is 1490. The van der Waals surface area contributed by atoms with Crippen molar-refractivity contribution in [2.45, 2.75) is 4.90 Å². The van der Waals surface area contributed by atoms with Crippen molar-refractivity contribution in [1.82, 2.24) is 3.97 Å². The van der Waals surface area contributed by atoms with Crippen molar-refractivity contribution in [2.24, 2.45) is 0 Å². The fourth-order valence-electron chi connectivity index (χ4n) is 3.70. The van der Waals surface area contributed by atoms with Gasteiger partial charge in [-0.25, -0.2) is 4.21 Å². The zero-order valence-electron chi connectivity index (χ0n) is 16.7. The summed E-state index contributed by atoms with van der Waals surface area (Å²) in [5, 5.41) is 15.1. The Balaban J connectivity index is 1.92. The molecule has 0 aliphatic carbocycles. The maximum Gasteiger partial charge on any atom is 0.157 e. The van der Waals surface area contributed by atoms with E-state index in [1.165, 1.54) is 11.3 Å². The van der Waals surface area contributed by atoms with Crippen LogP contribution < -0.4 is 4.74 Å². The van der Waals surface area contributed by atoms with Gasteiger partial charge in [-0.1, -0.05) is 17.7 Å². The molecular weight excluding hydrogens is 480 g/mol. The van der Waals surface area contributed by atoms with E-state index in [4.69, 9.17) is 16.3 Å². The van der Waals surface area contributed by atoms with Crippen LogP contribution >= 0.6 is 34.3 Å². The lowest BCUT2D eigenvalue weighted by molar-refractivity contribution is 0.415. The first kappa shape index (κ1) is 21.0. The number of methoxy groups -OCH3 is 1. The van der Waals surface area contributed by atoms with Gasteiger partial charge in [-0.15, -0.1) is 22.7 Å². The summed E-state index contributed by atoms with van der Waals surface area (Å²) in [7, 11) is 0.0537. The van der Waals surface area contributed by atoms with E-state index in [1.54, 1.807) is 42.7 Å². The van der Waals surface area contributed by atoms with Gasteiger partial charge in [0.1, 0.15) is 16.7 Å². The van der Waals surface area contributed by atoms with Gasteiger partial charge in [0.25, 0.3) is 0 Å². The standard InChI is InChI=1S/C24H15ClN2O2S3/c1-29-16-6-9-18-20(13-16)27(32(28)17-7-4-15(25)5-8-17)24(21-3-2-11-30-21)23(18)19-10-12-31-22(19)14-26/h2-13H,1H3. The van der Waals surface area contributed by atoms with E-state index in [1.807, 2.05) is 51.1 Å². The summed E-state index contributed by atoms with van der Waals surface area (Å²) in [6, 6.07) is 21.0. The molecule has 0 saturated carbocycles. The minimum absolute atomic E-state index is 0.584. The average molecular weight is 495 g/mol. The molecular formula is C24H15ClN2O2S3. The maximum atomic E-state index is 14.0. The Kier molecular flexibility index (Phi) is 5.62. The van der Waals surface area contributed by atoms with Crippen molar-refractivity contribution in [1.29, 1.82) is 5.26 Å². The van der Waals surface area contributed by atoms with E-state index in [0.29, 0.717) is 20.5 Å². The summed E-state index contributed by atoms with van der Waals surface area (Å²) in [6.07, 6.45) is 0. The summed E-state index contributed by atoms with van der Waals surface area (Å²) in [6.45, 7) is 0. The first-order valence-corrected chi connectivity index (χ1v) is 12.8. The molecule has 5 rings (SSSR count). The van der Waals surface area contributed by atoms with E-state index < -0.39 is 11.0 Å². The Labute approximate surface area is 200 Å². The van der Waals surface area contributed by atoms with E-state index in [0.717, 1.165) is 32.6 Å². The molecule has 0 bridgehead atoms. The van der Waals surface area contributed by atoms with Gasteiger partial charge in [0.2, 0.25) is 0 Å². The van der Waals surface area contributed by atoms with Crippen molar-refractivity contribution in [3.63, 3.8) is 0 Å². The minimum atomic E-state index is -1.56. The molecule has 1 atom stereocenters. The van der Waals surface area contributed by atoms with Crippen LogP contribution in [0.4, 0.5) is 0 Å². The van der Waals surface area contributed by atoms with Gasteiger partial charge in [0, 0.05) is 27.6 Å². The van der Waals surface area contributed by atoms with Crippen molar-refractivity contribution in [3.05, 3.63) is 81.3 Å². The minimum Gasteiger partial charge on any atom is -0.497 e. The Morgan fingerprint density at radius 3 is 2.56 bits per heavy atom. The van der Waals surface area contributed by atoms with Crippen LogP contribution in [-0.4, -0.2) is 15.3 Å². The van der Waals surface area contributed by atoms with Crippen molar-refractivity contribution >= 4 is 56.2 Å². The van der Waals surface area contributed by atoms with Crippen LogP contribution in [0.1, 0.15) is 4.88 Å². The second-order valence-electron chi connectivity index (χ2n) is 6.86. The molecule has 32 heavy (non-hydrogen) atoms. The SMILES string of the molecule is COc1ccc2c(-c3ccsc3C#N)c(-c3cccs3)n(S(=O)c3ccc(Cl)cc3)c2c1. The second kappa shape index (κ2) is 8.57. The smallest absolute Gasteiger partial charge is 0.157 e. The lowest BCUT2D eigenvalue weighted by Crippen LogP contribution is -2.06. The van der Waals surface area contributed by atoms with Gasteiger partial charge in [-0.3, -0.25) is 3.97 Å². The Morgan fingerprint density at radius 1 is 1.06 bits per heavy atom. The fourth-order valence-corrected chi connectivity index (χ4v) is 6.60. The normalized spacial score (nSPS) is 12.0. The Hall–Kier alpha value is -2.89. The number of halogens is 1. The van der Waals surface area contributed by atoms with Gasteiger partial charge in [-0.05, 0) is 59.3 Å². The Morgan fingerprint density at radius 2 is 1.88 bits per heavy atom. The number of rotatable bonds is 5. The van der Waals surface area contributed by atoms with E-state index in [9.17, 15) is 9.47 Å². The molecule has 158 valence electrons. The van der Waals surface area contributed by atoms with Crippen LogP contribution in [0.3, 0.4) is 0 Å². The second-order valence-corrected chi connectivity index (χ2v) is 10.5. The highest BCUT2D eigenvalue weighted by molar-refractivity contribution is 7.83. The third kappa shape index (κ3) is 3.46. The average Bonchev–Trinajstić information content (AvgIpc) is 3.56. The summed E-state index contributed by atoms with van der Waals surface area (Å²) in [5.74, 6) is 0.666. The number of hydrogen-bond acceptors (Lipinski definition) is 5. The number of hydrogen-bond donors (Lipinski definition) is 0. The third-order valence-corrected chi connectivity index (χ3v) is 8.44.